The molecule has 0 aliphatic rings. The Bertz CT molecular complexity index is 1150. The van der Waals surface area contributed by atoms with Gasteiger partial charge in [0.25, 0.3) is 11.6 Å². The number of amides is 1. The van der Waals surface area contributed by atoms with Gasteiger partial charge in [0.15, 0.2) is 28.1 Å². The zero-order valence-electron chi connectivity index (χ0n) is 17.8. The largest absolute Gasteiger partial charge is 0.493 e. The van der Waals surface area contributed by atoms with Crippen LogP contribution in [0.25, 0.3) is 11.3 Å². The topological polar surface area (TPSA) is 122 Å². The summed E-state index contributed by atoms with van der Waals surface area (Å²) < 4.78 is 21.1. The number of benzene rings is 2. The normalized spacial score (nSPS) is 10.4. The van der Waals surface area contributed by atoms with E-state index in [2.05, 4.69) is 10.3 Å². The standard InChI is InChI=1S/C21H21N3O7S/c1-5-31-19-10-15(24(26)27)13(9-18(19)30-4)20(25)23-21-22-14(11-32-21)12-6-7-16(28-2)17(8-12)29-3/h6-11H,5H2,1-4H3,(H,22,23,25). The fraction of sp³-hybridized carbons (Fsp3) is 0.238. The van der Waals surface area contributed by atoms with Crippen molar-refractivity contribution >= 4 is 28.1 Å². The van der Waals surface area contributed by atoms with Gasteiger partial charge in [-0.15, -0.1) is 11.3 Å². The van der Waals surface area contributed by atoms with Gasteiger partial charge < -0.3 is 18.9 Å². The number of nitro groups is 1. The third kappa shape index (κ3) is 4.72. The lowest BCUT2D eigenvalue weighted by Crippen LogP contribution is -2.14. The third-order valence-corrected chi connectivity index (χ3v) is 5.18. The molecule has 1 aromatic heterocycles. The van der Waals surface area contributed by atoms with Gasteiger partial charge in [-0.1, -0.05) is 0 Å². The summed E-state index contributed by atoms with van der Waals surface area (Å²) in [6.07, 6.45) is 0. The van der Waals surface area contributed by atoms with Crippen molar-refractivity contribution in [3.63, 3.8) is 0 Å². The van der Waals surface area contributed by atoms with Gasteiger partial charge in [0.1, 0.15) is 5.56 Å². The lowest BCUT2D eigenvalue weighted by molar-refractivity contribution is -0.385. The molecule has 10 nitrogen and oxygen atoms in total. The number of methoxy groups -OCH3 is 3. The van der Waals surface area contributed by atoms with Crippen LogP contribution in [0.5, 0.6) is 23.0 Å². The Morgan fingerprint density at radius 3 is 2.38 bits per heavy atom. The molecule has 0 saturated carbocycles. The number of nitrogens with zero attached hydrogens (tertiary/aromatic N) is 2. The molecule has 0 atom stereocenters. The maximum absolute atomic E-state index is 12.8. The second kappa shape index (κ2) is 9.96. The first-order chi connectivity index (χ1) is 15.4. The molecule has 0 unspecified atom stereocenters. The van der Waals surface area contributed by atoms with Gasteiger partial charge in [-0.2, -0.15) is 0 Å². The van der Waals surface area contributed by atoms with Crippen LogP contribution in [-0.4, -0.2) is 43.8 Å². The van der Waals surface area contributed by atoms with Crippen molar-refractivity contribution in [2.75, 3.05) is 33.3 Å². The molecule has 1 N–H and O–H groups in total. The molecular weight excluding hydrogens is 438 g/mol. The third-order valence-electron chi connectivity index (χ3n) is 4.43. The summed E-state index contributed by atoms with van der Waals surface area (Å²) in [6, 6.07) is 7.78. The average molecular weight is 459 g/mol. The number of anilines is 1. The van der Waals surface area contributed by atoms with Gasteiger partial charge in [0.05, 0.1) is 44.6 Å². The molecule has 0 fully saturated rings. The van der Waals surface area contributed by atoms with Gasteiger partial charge in [0.2, 0.25) is 0 Å². The number of aromatic nitrogens is 1. The highest BCUT2D eigenvalue weighted by Crippen LogP contribution is 2.36. The van der Waals surface area contributed by atoms with Crippen LogP contribution >= 0.6 is 11.3 Å². The molecule has 0 aliphatic carbocycles. The van der Waals surface area contributed by atoms with Crippen molar-refractivity contribution in [1.29, 1.82) is 0 Å². The van der Waals surface area contributed by atoms with Crippen molar-refractivity contribution < 1.29 is 28.7 Å². The van der Waals surface area contributed by atoms with E-state index in [1.54, 1.807) is 31.5 Å². The second-order valence-electron chi connectivity index (χ2n) is 6.27. The predicted molar refractivity (Wildman–Crippen MR) is 119 cm³/mol. The Hall–Kier alpha value is -3.86. The summed E-state index contributed by atoms with van der Waals surface area (Å²) in [7, 11) is 4.47. The van der Waals surface area contributed by atoms with Gasteiger partial charge in [0, 0.05) is 17.0 Å². The zero-order valence-corrected chi connectivity index (χ0v) is 18.6. The van der Waals surface area contributed by atoms with Crippen LogP contribution in [0, 0.1) is 10.1 Å². The summed E-state index contributed by atoms with van der Waals surface area (Å²) in [6.45, 7) is 2.03. The number of thiazole rings is 1. The lowest BCUT2D eigenvalue weighted by Gasteiger charge is -2.11. The minimum Gasteiger partial charge on any atom is -0.493 e. The van der Waals surface area contributed by atoms with Gasteiger partial charge >= 0.3 is 0 Å². The molecule has 2 aromatic carbocycles. The van der Waals surface area contributed by atoms with Gasteiger partial charge in [-0.05, 0) is 25.1 Å². The molecule has 0 saturated heterocycles. The Morgan fingerprint density at radius 2 is 1.75 bits per heavy atom. The number of hydrogen-bond donors (Lipinski definition) is 1. The average Bonchev–Trinajstić information content (AvgIpc) is 3.26. The highest BCUT2D eigenvalue weighted by Gasteiger charge is 2.25. The van der Waals surface area contributed by atoms with E-state index in [0.717, 1.165) is 5.56 Å². The fourth-order valence-corrected chi connectivity index (χ4v) is 3.65. The number of rotatable bonds is 9. The lowest BCUT2D eigenvalue weighted by atomic mass is 10.1. The minimum absolute atomic E-state index is 0.168. The molecule has 3 aromatic rings. The molecular formula is C21H21N3O7S. The first kappa shape index (κ1) is 22.8. The quantitative estimate of drug-likeness (QED) is 0.369. The van der Waals surface area contributed by atoms with Crippen molar-refractivity contribution in [2.24, 2.45) is 0 Å². The number of carbonyl (C=O) groups is 1. The SMILES string of the molecule is CCOc1cc([N+](=O)[O-])c(C(=O)Nc2nc(-c3ccc(OC)c(OC)c3)cs2)cc1OC. The van der Waals surface area contributed by atoms with Crippen LogP contribution in [-0.2, 0) is 0 Å². The molecule has 11 heteroatoms. The van der Waals surface area contributed by atoms with Crippen LogP contribution < -0.4 is 24.3 Å². The second-order valence-corrected chi connectivity index (χ2v) is 7.13. The molecule has 0 spiro atoms. The number of hydrogen-bond acceptors (Lipinski definition) is 9. The Balaban J connectivity index is 1.89. The monoisotopic (exact) mass is 459 g/mol. The summed E-state index contributed by atoms with van der Waals surface area (Å²) in [5.41, 5.74) is 0.791. The smallest absolute Gasteiger partial charge is 0.286 e. The first-order valence-electron chi connectivity index (χ1n) is 9.40. The summed E-state index contributed by atoms with van der Waals surface area (Å²) >= 11 is 1.19. The van der Waals surface area contributed by atoms with Crippen LogP contribution in [0.15, 0.2) is 35.7 Å². The number of nitrogens with one attached hydrogen (secondary N) is 1. The number of nitro benzene ring substituents is 1. The van der Waals surface area contributed by atoms with E-state index in [1.165, 1.54) is 37.7 Å². The maximum atomic E-state index is 12.8. The molecule has 0 radical (unpaired) electrons. The predicted octanol–water partition coefficient (Wildman–Crippen LogP) is 4.40. The Labute approximate surface area is 187 Å². The molecule has 32 heavy (non-hydrogen) atoms. The van der Waals surface area contributed by atoms with Crippen LogP contribution in [0.2, 0.25) is 0 Å². The van der Waals surface area contributed by atoms with E-state index in [9.17, 15) is 14.9 Å². The van der Waals surface area contributed by atoms with Gasteiger partial charge in [-0.3, -0.25) is 20.2 Å². The van der Waals surface area contributed by atoms with E-state index >= 15 is 0 Å². The van der Waals surface area contributed by atoms with Crippen LogP contribution in [0.4, 0.5) is 10.8 Å². The molecule has 0 bridgehead atoms. The van der Waals surface area contributed by atoms with Crippen molar-refractivity contribution in [1.82, 2.24) is 4.98 Å². The highest BCUT2D eigenvalue weighted by atomic mass is 32.1. The first-order valence-corrected chi connectivity index (χ1v) is 10.3. The zero-order chi connectivity index (χ0) is 23.3. The molecule has 1 heterocycles. The van der Waals surface area contributed by atoms with E-state index in [0.29, 0.717) is 17.2 Å². The molecule has 168 valence electrons. The van der Waals surface area contributed by atoms with E-state index in [4.69, 9.17) is 18.9 Å². The van der Waals surface area contributed by atoms with Gasteiger partial charge in [-0.25, -0.2) is 4.98 Å². The number of ether oxygens (including phenoxy) is 4. The fourth-order valence-electron chi connectivity index (χ4n) is 2.93. The highest BCUT2D eigenvalue weighted by molar-refractivity contribution is 7.14. The van der Waals surface area contributed by atoms with Crippen molar-refractivity contribution in [2.45, 2.75) is 6.92 Å². The number of carbonyl (C=O) groups excluding carboxylic acids is 1. The Kier molecular flexibility index (Phi) is 7.11. The maximum Gasteiger partial charge on any atom is 0.286 e. The van der Waals surface area contributed by atoms with E-state index in [-0.39, 0.29) is 28.8 Å². The molecule has 1 amide bonds. The molecule has 3 rings (SSSR count). The van der Waals surface area contributed by atoms with Crippen LogP contribution in [0.3, 0.4) is 0 Å². The summed E-state index contributed by atoms with van der Waals surface area (Å²) in [4.78, 5) is 28.1. The van der Waals surface area contributed by atoms with Crippen molar-refractivity contribution in [3.05, 3.63) is 51.4 Å². The summed E-state index contributed by atoms with van der Waals surface area (Å²) in [5.74, 6) is 0.833. The van der Waals surface area contributed by atoms with E-state index < -0.39 is 16.5 Å². The van der Waals surface area contributed by atoms with Crippen molar-refractivity contribution in [3.8, 4) is 34.3 Å². The minimum atomic E-state index is -0.689. The van der Waals surface area contributed by atoms with Crippen LogP contribution in [0.1, 0.15) is 17.3 Å². The molecule has 0 aliphatic heterocycles. The summed E-state index contributed by atoms with van der Waals surface area (Å²) in [5, 5.41) is 16.2. The van der Waals surface area contributed by atoms with E-state index in [1.807, 2.05) is 6.07 Å². The Morgan fingerprint density at radius 1 is 1.06 bits per heavy atom.